The minimum absolute atomic E-state index is 0.0820. The number of carbonyl (C=O) groups is 2. The van der Waals surface area contributed by atoms with Crippen LogP contribution in [0, 0.1) is 5.92 Å². The van der Waals surface area contributed by atoms with Crippen LogP contribution in [0.2, 0.25) is 0 Å². The number of likely N-dealkylation sites (tertiary alicyclic amines) is 1. The van der Waals surface area contributed by atoms with Gasteiger partial charge in [-0.05, 0) is 67.6 Å². The lowest BCUT2D eigenvalue weighted by molar-refractivity contribution is -0.122. The molecule has 0 spiro atoms. The molecule has 1 aliphatic heterocycles. The van der Waals surface area contributed by atoms with Crippen LogP contribution in [0.3, 0.4) is 0 Å². The molecule has 1 aromatic heterocycles. The summed E-state index contributed by atoms with van der Waals surface area (Å²) < 4.78 is 10.6. The minimum atomic E-state index is -0.250. The Labute approximate surface area is 189 Å². The Balaban J connectivity index is 0.00000114. The smallest absolute Gasteiger partial charge is 0.290 e. The minimum Gasteiger partial charge on any atom is -0.493 e. The second-order valence-electron chi connectivity index (χ2n) is 7.63. The second-order valence-corrected chi connectivity index (χ2v) is 7.63. The van der Waals surface area contributed by atoms with Crippen LogP contribution in [0.1, 0.15) is 34.8 Å². The molecule has 0 bridgehead atoms. The van der Waals surface area contributed by atoms with E-state index < -0.39 is 0 Å². The van der Waals surface area contributed by atoms with Crippen molar-refractivity contribution in [2.24, 2.45) is 5.92 Å². The van der Waals surface area contributed by atoms with Gasteiger partial charge in [0.25, 0.3) is 12.4 Å². The largest absolute Gasteiger partial charge is 0.493 e. The van der Waals surface area contributed by atoms with Crippen LogP contribution in [0.25, 0.3) is 0 Å². The number of hydrogen-bond acceptors (Lipinski definition) is 6. The first-order chi connectivity index (χ1) is 15.5. The Morgan fingerprint density at radius 1 is 1.22 bits per heavy atom. The van der Waals surface area contributed by atoms with E-state index in [4.69, 9.17) is 19.4 Å². The van der Waals surface area contributed by atoms with E-state index in [1.165, 1.54) is 13.0 Å². The topological polar surface area (TPSA) is 101 Å². The van der Waals surface area contributed by atoms with Gasteiger partial charge in [-0.1, -0.05) is 13.0 Å². The van der Waals surface area contributed by atoms with Gasteiger partial charge in [0.15, 0.2) is 11.5 Å². The zero-order chi connectivity index (χ0) is 23.3. The number of rotatable bonds is 9. The molecule has 1 aromatic carbocycles. The number of ether oxygens (including phenoxy) is 2. The van der Waals surface area contributed by atoms with Gasteiger partial charge in [0.05, 0.1) is 19.8 Å². The fourth-order valence-electron chi connectivity index (χ4n) is 3.88. The van der Waals surface area contributed by atoms with Gasteiger partial charge in [-0.2, -0.15) is 0 Å². The number of nitrogens with zero attached hydrogens (tertiary/aromatic N) is 2. The highest BCUT2D eigenvalue weighted by Crippen LogP contribution is 2.27. The van der Waals surface area contributed by atoms with E-state index in [0.717, 1.165) is 30.6 Å². The van der Waals surface area contributed by atoms with Gasteiger partial charge >= 0.3 is 0 Å². The molecule has 32 heavy (non-hydrogen) atoms. The van der Waals surface area contributed by atoms with Crippen LogP contribution in [-0.4, -0.2) is 67.8 Å². The molecule has 0 aliphatic carbocycles. The van der Waals surface area contributed by atoms with Crippen molar-refractivity contribution >= 4 is 12.4 Å². The van der Waals surface area contributed by atoms with Gasteiger partial charge in [-0.15, -0.1) is 0 Å². The van der Waals surface area contributed by atoms with E-state index >= 15 is 0 Å². The molecule has 2 aromatic rings. The van der Waals surface area contributed by atoms with Crippen molar-refractivity contribution in [2.75, 3.05) is 40.4 Å². The molecule has 1 unspecified atom stereocenters. The Bertz CT molecular complexity index is 874. The molecular formula is C24H33N3O5. The van der Waals surface area contributed by atoms with Crippen LogP contribution >= 0.6 is 0 Å². The summed E-state index contributed by atoms with van der Waals surface area (Å²) in [4.78, 5) is 27.7. The third-order valence-corrected chi connectivity index (χ3v) is 5.55. The maximum Gasteiger partial charge on any atom is 0.290 e. The number of pyridine rings is 1. The number of methoxy groups -OCH3 is 2. The summed E-state index contributed by atoms with van der Waals surface area (Å²) in [5.74, 6) is 1.97. The summed E-state index contributed by atoms with van der Waals surface area (Å²) >= 11 is 0. The molecule has 1 saturated heterocycles. The molecule has 2 N–H and O–H groups in total. The third-order valence-electron chi connectivity index (χ3n) is 5.55. The first-order valence-electron chi connectivity index (χ1n) is 10.8. The van der Waals surface area contributed by atoms with Crippen molar-refractivity contribution in [1.82, 2.24) is 15.2 Å². The summed E-state index contributed by atoms with van der Waals surface area (Å²) in [6.45, 7) is 5.92. The number of nitrogens with one attached hydrogen (secondary N) is 1. The summed E-state index contributed by atoms with van der Waals surface area (Å²) in [7, 11) is 3.24. The number of benzene rings is 1. The van der Waals surface area contributed by atoms with Gasteiger partial charge in [0, 0.05) is 25.5 Å². The van der Waals surface area contributed by atoms with E-state index in [1.807, 2.05) is 30.5 Å². The van der Waals surface area contributed by atoms with E-state index in [1.54, 1.807) is 20.4 Å². The van der Waals surface area contributed by atoms with Gasteiger partial charge in [-0.25, -0.2) is 0 Å². The molecule has 174 valence electrons. The van der Waals surface area contributed by atoms with Gasteiger partial charge in [-0.3, -0.25) is 14.6 Å². The Morgan fingerprint density at radius 3 is 2.62 bits per heavy atom. The van der Waals surface area contributed by atoms with E-state index in [9.17, 15) is 4.79 Å². The number of amides is 1. The highest BCUT2D eigenvalue weighted by molar-refractivity contribution is 5.94. The molecule has 0 saturated carbocycles. The Kier molecular flexibility index (Phi) is 10.5. The normalized spacial score (nSPS) is 15.4. The fourth-order valence-corrected chi connectivity index (χ4v) is 3.88. The van der Waals surface area contributed by atoms with Crippen LogP contribution in [-0.2, 0) is 17.6 Å². The highest BCUT2D eigenvalue weighted by atomic mass is 16.5. The summed E-state index contributed by atoms with van der Waals surface area (Å²) in [5.41, 5.74) is 2.84. The predicted octanol–water partition coefficient (Wildman–Crippen LogP) is 2.66. The number of hydrogen-bond donors (Lipinski definition) is 2. The SMILES string of the molecule is CCN1CCC(Cc2cncc(C(=O)NCCc3ccc(OC)c(OC)c3)c2)C1.O=CO. The van der Waals surface area contributed by atoms with Crippen LogP contribution in [0.15, 0.2) is 36.7 Å². The number of aromatic nitrogens is 1. The molecule has 1 aliphatic rings. The zero-order valence-electron chi connectivity index (χ0n) is 19.0. The van der Waals surface area contributed by atoms with E-state index in [2.05, 4.69) is 22.1 Å². The van der Waals surface area contributed by atoms with Crippen molar-refractivity contribution in [3.63, 3.8) is 0 Å². The average molecular weight is 444 g/mol. The first-order valence-corrected chi connectivity index (χ1v) is 10.8. The van der Waals surface area contributed by atoms with Crippen molar-refractivity contribution in [2.45, 2.75) is 26.2 Å². The Morgan fingerprint density at radius 2 is 1.97 bits per heavy atom. The standard InChI is InChI=1S/C23H31N3O3.CH2O2/c1-4-26-10-8-18(16-26)11-19-12-20(15-24-14-19)23(27)25-9-7-17-5-6-21(28-2)22(13-17)29-3;2-1-3/h5-6,12-15,18H,4,7-11,16H2,1-3H3,(H,25,27);1H,(H,2,3). The van der Waals surface area contributed by atoms with Gasteiger partial charge < -0.3 is 24.8 Å². The average Bonchev–Trinajstić information content (AvgIpc) is 3.27. The lowest BCUT2D eigenvalue weighted by Gasteiger charge is -2.13. The van der Waals surface area contributed by atoms with Gasteiger partial charge in [0.2, 0.25) is 0 Å². The maximum absolute atomic E-state index is 12.5. The predicted molar refractivity (Wildman–Crippen MR) is 122 cm³/mol. The molecule has 1 fully saturated rings. The van der Waals surface area contributed by atoms with Crippen molar-refractivity contribution in [3.05, 3.63) is 53.3 Å². The van der Waals surface area contributed by atoms with Crippen LogP contribution < -0.4 is 14.8 Å². The second kappa shape index (κ2) is 13.3. The highest BCUT2D eigenvalue weighted by Gasteiger charge is 2.21. The molecule has 2 heterocycles. The summed E-state index contributed by atoms with van der Waals surface area (Å²) in [6.07, 6.45) is 6.44. The molecule has 1 amide bonds. The third kappa shape index (κ3) is 7.53. The monoisotopic (exact) mass is 443 g/mol. The van der Waals surface area contributed by atoms with E-state index in [-0.39, 0.29) is 12.4 Å². The first kappa shape index (κ1) is 25.1. The van der Waals surface area contributed by atoms with E-state index in [0.29, 0.717) is 35.9 Å². The molecule has 8 heteroatoms. The fraction of sp³-hybridized carbons (Fsp3) is 0.458. The maximum atomic E-state index is 12.5. The molecular weight excluding hydrogens is 410 g/mol. The molecule has 3 rings (SSSR count). The summed E-state index contributed by atoms with van der Waals surface area (Å²) in [6, 6.07) is 7.78. The Hall–Kier alpha value is -3.13. The molecule has 1 atom stereocenters. The zero-order valence-corrected chi connectivity index (χ0v) is 19.0. The molecule has 0 radical (unpaired) electrons. The van der Waals surface area contributed by atoms with Crippen molar-refractivity contribution in [1.29, 1.82) is 0 Å². The number of carbonyl (C=O) groups excluding carboxylic acids is 1. The lowest BCUT2D eigenvalue weighted by Crippen LogP contribution is -2.26. The van der Waals surface area contributed by atoms with Crippen molar-refractivity contribution < 1.29 is 24.2 Å². The van der Waals surface area contributed by atoms with Crippen LogP contribution in [0.4, 0.5) is 0 Å². The van der Waals surface area contributed by atoms with Crippen molar-refractivity contribution in [3.8, 4) is 11.5 Å². The van der Waals surface area contributed by atoms with Gasteiger partial charge in [0.1, 0.15) is 0 Å². The van der Waals surface area contributed by atoms with Crippen LogP contribution in [0.5, 0.6) is 11.5 Å². The summed E-state index contributed by atoms with van der Waals surface area (Å²) in [5, 5.41) is 9.88. The molecule has 8 nitrogen and oxygen atoms in total. The number of carboxylic acid groups (broad SMARTS) is 1. The quantitative estimate of drug-likeness (QED) is 0.575. The lowest BCUT2D eigenvalue weighted by atomic mass is 9.99.